The van der Waals surface area contributed by atoms with Crippen LogP contribution in [0.4, 0.5) is 4.39 Å². The Labute approximate surface area is 124 Å². The van der Waals surface area contributed by atoms with Gasteiger partial charge in [-0.05, 0) is 48.9 Å². The Morgan fingerprint density at radius 1 is 1.33 bits per heavy atom. The lowest BCUT2D eigenvalue weighted by molar-refractivity contribution is -0.134. The van der Waals surface area contributed by atoms with Crippen LogP contribution in [0.15, 0.2) is 18.2 Å². The minimum Gasteiger partial charge on any atom is -0.493 e. The van der Waals surface area contributed by atoms with Gasteiger partial charge in [-0.3, -0.25) is 9.18 Å². The SMILES string of the molecule is O=C1C[C@H](O)CCC12Cc1ccc(OCCCF)cc1C2. The van der Waals surface area contributed by atoms with Crippen LogP contribution < -0.4 is 4.74 Å². The van der Waals surface area contributed by atoms with Crippen molar-refractivity contribution in [3.8, 4) is 5.75 Å². The van der Waals surface area contributed by atoms with E-state index in [1.165, 1.54) is 5.56 Å². The molecule has 0 bridgehead atoms. The van der Waals surface area contributed by atoms with Crippen molar-refractivity contribution in [2.45, 2.75) is 44.6 Å². The summed E-state index contributed by atoms with van der Waals surface area (Å²) >= 11 is 0. The summed E-state index contributed by atoms with van der Waals surface area (Å²) < 4.78 is 17.6. The predicted molar refractivity (Wildman–Crippen MR) is 77.2 cm³/mol. The summed E-state index contributed by atoms with van der Waals surface area (Å²) in [7, 11) is 0. The molecule has 4 heteroatoms. The number of ketones is 1. The van der Waals surface area contributed by atoms with Gasteiger partial charge in [0.2, 0.25) is 0 Å². The zero-order valence-electron chi connectivity index (χ0n) is 12.1. The first-order chi connectivity index (χ1) is 10.1. The van der Waals surface area contributed by atoms with Crippen LogP contribution in [-0.2, 0) is 17.6 Å². The first-order valence-electron chi connectivity index (χ1n) is 7.65. The van der Waals surface area contributed by atoms with E-state index in [4.69, 9.17) is 4.74 Å². The number of alkyl halides is 1. The molecule has 1 aromatic carbocycles. The van der Waals surface area contributed by atoms with E-state index in [0.29, 0.717) is 19.4 Å². The lowest BCUT2D eigenvalue weighted by Crippen LogP contribution is -2.39. The van der Waals surface area contributed by atoms with Gasteiger partial charge in [0.15, 0.2) is 0 Å². The number of fused-ring (bicyclic) bond motifs is 1. The molecule has 1 aromatic rings. The number of hydrogen-bond acceptors (Lipinski definition) is 3. The lowest BCUT2D eigenvalue weighted by atomic mass is 9.70. The van der Waals surface area contributed by atoms with E-state index in [0.717, 1.165) is 30.6 Å². The largest absolute Gasteiger partial charge is 0.493 e. The molecule has 3 rings (SSSR count). The van der Waals surface area contributed by atoms with Crippen molar-refractivity contribution in [1.29, 1.82) is 0 Å². The number of aliphatic hydroxyl groups excluding tert-OH is 1. The van der Waals surface area contributed by atoms with Crippen molar-refractivity contribution in [2.24, 2.45) is 5.41 Å². The molecule has 2 atom stereocenters. The van der Waals surface area contributed by atoms with E-state index in [1.54, 1.807) is 0 Å². The molecule has 0 aliphatic heterocycles. The predicted octanol–water partition coefficient (Wildman–Crippen LogP) is 2.62. The van der Waals surface area contributed by atoms with E-state index in [1.807, 2.05) is 18.2 Å². The quantitative estimate of drug-likeness (QED) is 0.868. The van der Waals surface area contributed by atoms with E-state index >= 15 is 0 Å². The number of ether oxygens (including phenoxy) is 1. The van der Waals surface area contributed by atoms with Crippen LogP contribution in [0.5, 0.6) is 5.75 Å². The Balaban J connectivity index is 1.73. The summed E-state index contributed by atoms with van der Waals surface area (Å²) in [6.45, 7) is 0.0103. The molecule has 2 aliphatic rings. The summed E-state index contributed by atoms with van der Waals surface area (Å²) in [5, 5.41) is 9.63. The highest BCUT2D eigenvalue weighted by Gasteiger charge is 2.46. The van der Waals surface area contributed by atoms with Crippen LogP contribution in [0.3, 0.4) is 0 Å². The van der Waals surface area contributed by atoms with Crippen LogP contribution in [0.2, 0.25) is 0 Å². The molecular weight excluding hydrogens is 271 g/mol. The third kappa shape index (κ3) is 2.82. The van der Waals surface area contributed by atoms with Gasteiger partial charge in [0.25, 0.3) is 0 Å². The molecule has 0 radical (unpaired) electrons. The van der Waals surface area contributed by atoms with E-state index in [9.17, 15) is 14.3 Å². The number of benzene rings is 1. The standard InChI is InChI=1S/C17H21FO3/c18-6-1-7-21-15-3-2-12-10-17(11-13(12)8-15)5-4-14(19)9-16(17)20/h2-3,8,14,19H,1,4-7,9-11H2/t14-,17?/m1/s1. The first-order valence-corrected chi connectivity index (χ1v) is 7.65. The Bertz CT molecular complexity index is 543. The van der Waals surface area contributed by atoms with Crippen LogP contribution in [0.1, 0.15) is 36.8 Å². The second-order valence-corrected chi connectivity index (χ2v) is 6.28. The summed E-state index contributed by atoms with van der Waals surface area (Å²) in [5.41, 5.74) is 2.06. The smallest absolute Gasteiger partial charge is 0.142 e. The molecule has 1 unspecified atom stereocenters. The lowest BCUT2D eigenvalue weighted by Gasteiger charge is -2.33. The van der Waals surface area contributed by atoms with Crippen molar-refractivity contribution >= 4 is 5.78 Å². The molecular formula is C17H21FO3. The Hall–Kier alpha value is -1.42. The molecule has 114 valence electrons. The number of aliphatic hydroxyl groups is 1. The van der Waals surface area contributed by atoms with E-state index < -0.39 is 6.10 Å². The number of hydrogen-bond donors (Lipinski definition) is 1. The molecule has 0 aromatic heterocycles. The van der Waals surface area contributed by atoms with Crippen molar-refractivity contribution in [2.75, 3.05) is 13.3 Å². The number of halogens is 1. The maximum atomic E-state index is 12.4. The Kier molecular flexibility index (Phi) is 3.98. The van der Waals surface area contributed by atoms with Gasteiger partial charge in [0.05, 0.1) is 19.4 Å². The Morgan fingerprint density at radius 3 is 2.90 bits per heavy atom. The molecule has 0 saturated heterocycles. The zero-order valence-corrected chi connectivity index (χ0v) is 12.1. The number of rotatable bonds is 4. The van der Waals surface area contributed by atoms with Crippen LogP contribution in [0.25, 0.3) is 0 Å². The fraction of sp³-hybridized carbons (Fsp3) is 0.588. The zero-order chi connectivity index (χ0) is 14.9. The van der Waals surface area contributed by atoms with Crippen molar-refractivity contribution in [3.05, 3.63) is 29.3 Å². The summed E-state index contributed by atoms with van der Waals surface area (Å²) in [6, 6.07) is 5.91. The topological polar surface area (TPSA) is 46.5 Å². The van der Waals surface area contributed by atoms with E-state index in [2.05, 4.69) is 0 Å². The van der Waals surface area contributed by atoms with E-state index in [-0.39, 0.29) is 24.3 Å². The minimum atomic E-state index is -0.466. The third-order valence-corrected chi connectivity index (χ3v) is 4.75. The molecule has 21 heavy (non-hydrogen) atoms. The highest BCUT2D eigenvalue weighted by atomic mass is 19.1. The first kappa shape index (κ1) is 14.5. The second-order valence-electron chi connectivity index (χ2n) is 6.28. The average Bonchev–Trinajstić information content (AvgIpc) is 2.83. The molecule has 0 amide bonds. The molecule has 1 N–H and O–H groups in total. The molecule has 1 fully saturated rings. The van der Waals surface area contributed by atoms with Gasteiger partial charge in [0, 0.05) is 18.3 Å². The molecule has 2 aliphatic carbocycles. The average molecular weight is 292 g/mol. The second kappa shape index (κ2) is 5.76. The third-order valence-electron chi connectivity index (χ3n) is 4.75. The number of Topliss-reactive ketones (excluding diaryl/α,β-unsaturated/α-hetero) is 1. The maximum Gasteiger partial charge on any atom is 0.142 e. The Morgan fingerprint density at radius 2 is 2.14 bits per heavy atom. The number of carbonyl (C=O) groups is 1. The fourth-order valence-electron chi connectivity index (χ4n) is 3.55. The highest BCUT2D eigenvalue weighted by Crippen LogP contribution is 2.45. The normalized spacial score (nSPS) is 27.9. The van der Waals surface area contributed by atoms with Crippen LogP contribution in [0, 0.1) is 5.41 Å². The van der Waals surface area contributed by atoms with Crippen LogP contribution in [-0.4, -0.2) is 30.3 Å². The van der Waals surface area contributed by atoms with Gasteiger partial charge in [-0.15, -0.1) is 0 Å². The maximum absolute atomic E-state index is 12.4. The summed E-state index contributed by atoms with van der Waals surface area (Å²) in [4.78, 5) is 12.4. The summed E-state index contributed by atoms with van der Waals surface area (Å²) in [5.74, 6) is 0.944. The molecule has 1 saturated carbocycles. The van der Waals surface area contributed by atoms with Gasteiger partial charge in [-0.25, -0.2) is 0 Å². The minimum absolute atomic E-state index is 0.192. The molecule has 1 spiro atoms. The van der Waals surface area contributed by atoms with Crippen molar-refractivity contribution in [3.63, 3.8) is 0 Å². The van der Waals surface area contributed by atoms with Gasteiger partial charge < -0.3 is 9.84 Å². The van der Waals surface area contributed by atoms with Gasteiger partial charge in [-0.1, -0.05) is 6.07 Å². The van der Waals surface area contributed by atoms with Gasteiger partial charge in [0.1, 0.15) is 11.5 Å². The molecule has 3 nitrogen and oxygen atoms in total. The number of carbonyl (C=O) groups excluding carboxylic acids is 1. The monoisotopic (exact) mass is 292 g/mol. The van der Waals surface area contributed by atoms with Crippen molar-refractivity contribution in [1.82, 2.24) is 0 Å². The van der Waals surface area contributed by atoms with Gasteiger partial charge >= 0.3 is 0 Å². The van der Waals surface area contributed by atoms with Crippen LogP contribution >= 0.6 is 0 Å². The highest BCUT2D eigenvalue weighted by molar-refractivity contribution is 5.87. The summed E-state index contributed by atoms with van der Waals surface area (Å²) in [6.07, 6.45) is 3.21. The van der Waals surface area contributed by atoms with Gasteiger partial charge in [-0.2, -0.15) is 0 Å². The molecule has 0 heterocycles. The van der Waals surface area contributed by atoms with Crippen molar-refractivity contribution < 1.29 is 19.0 Å². The fourth-order valence-corrected chi connectivity index (χ4v) is 3.55.